The minimum Gasteiger partial charge on any atom is -0.493 e. The van der Waals surface area contributed by atoms with Crippen molar-refractivity contribution in [3.8, 4) is 22.8 Å². The highest BCUT2D eigenvalue weighted by Crippen LogP contribution is 2.31. The van der Waals surface area contributed by atoms with E-state index >= 15 is 0 Å². The van der Waals surface area contributed by atoms with Crippen molar-refractivity contribution in [2.24, 2.45) is 5.73 Å². The number of rotatable bonds is 6. The smallest absolute Gasteiger partial charge is 0.223 e. The SMILES string of the molecule is COc1ccc(-c2cc(C)nc(NCCN)n2)cc1OC. The Hall–Kier alpha value is -2.34. The first-order chi connectivity index (χ1) is 10.2. The lowest BCUT2D eigenvalue weighted by molar-refractivity contribution is 0.355. The van der Waals surface area contributed by atoms with Crippen LogP contribution in [0.5, 0.6) is 11.5 Å². The molecule has 0 amide bonds. The quantitative estimate of drug-likeness (QED) is 0.844. The highest BCUT2D eigenvalue weighted by atomic mass is 16.5. The van der Waals surface area contributed by atoms with Crippen LogP contribution in [0.15, 0.2) is 24.3 Å². The van der Waals surface area contributed by atoms with Crippen molar-refractivity contribution in [3.63, 3.8) is 0 Å². The van der Waals surface area contributed by atoms with Gasteiger partial charge < -0.3 is 20.5 Å². The Kier molecular flexibility index (Phi) is 4.94. The molecule has 0 fully saturated rings. The molecule has 0 unspecified atom stereocenters. The Morgan fingerprint density at radius 2 is 1.86 bits per heavy atom. The molecule has 2 aromatic rings. The maximum Gasteiger partial charge on any atom is 0.223 e. The minimum atomic E-state index is 0.531. The number of aryl methyl sites for hydroxylation is 1. The number of anilines is 1. The van der Waals surface area contributed by atoms with E-state index in [0.717, 1.165) is 17.0 Å². The molecule has 6 nitrogen and oxygen atoms in total. The van der Waals surface area contributed by atoms with Crippen molar-refractivity contribution in [2.75, 3.05) is 32.6 Å². The van der Waals surface area contributed by atoms with Crippen molar-refractivity contribution in [1.29, 1.82) is 0 Å². The molecule has 0 aliphatic carbocycles. The monoisotopic (exact) mass is 288 g/mol. The maximum atomic E-state index is 5.48. The van der Waals surface area contributed by atoms with Gasteiger partial charge in [-0.1, -0.05) is 0 Å². The van der Waals surface area contributed by atoms with E-state index in [1.54, 1.807) is 14.2 Å². The number of aromatic nitrogens is 2. The first kappa shape index (κ1) is 15.1. The molecule has 112 valence electrons. The lowest BCUT2D eigenvalue weighted by Gasteiger charge is -2.11. The van der Waals surface area contributed by atoms with Gasteiger partial charge in [0.05, 0.1) is 19.9 Å². The second-order valence-electron chi connectivity index (χ2n) is 4.50. The van der Waals surface area contributed by atoms with Gasteiger partial charge in [-0.15, -0.1) is 0 Å². The number of nitrogens with one attached hydrogen (secondary N) is 1. The predicted octanol–water partition coefficient (Wildman–Crippen LogP) is 1.84. The highest BCUT2D eigenvalue weighted by molar-refractivity contribution is 5.65. The zero-order valence-corrected chi connectivity index (χ0v) is 12.5. The molecule has 0 radical (unpaired) electrons. The van der Waals surface area contributed by atoms with E-state index in [0.29, 0.717) is 30.5 Å². The third-order valence-electron chi connectivity index (χ3n) is 2.96. The van der Waals surface area contributed by atoms with Gasteiger partial charge in [0.15, 0.2) is 11.5 Å². The van der Waals surface area contributed by atoms with Crippen molar-refractivity contribution in [1.82, 2.24) is 9.97 Å². The molecular weight excluding hydrogens is 268 g/mol. The molecule has 1 aromatic heterocycles. The Balaban J connectivity index is 2.39. The van der Waals surface area contributed by atoms with Crippen LogP contribution in [0.25, 0.3) is 11.3 Å². The summed E-state index contributed by atoms with van der Waals surface area (Å²) in [5.74, 6) is 1.93. The average Bonchev–Trinajstić information content (AvgIpc) is 2.51. The van der Waals surface area contributed by atoms with E-state index in [-0.39, 0.29) is 0 Å². The molecule has 2 rings (SSSR count). The number of ether oxygens (including phenoxy) is 2. The van der Waals surface area contributed by atoms with Gasteiger partial charge in [-0.05, 0) is 31.2 Å². The van der Waals surface area contributed by atoms with Crippen molar-refractivity contribution in [3.05, 3.63) is 30.0 Å². The third kappa shape index (κ3) is 3.61. The summed E-state index contributed by atoms with van der Waals surface area (Å²) in [6.07, 6.45) is 0. The summed E-state index contributed by atoms with van der Waals surface area (Å²) < 4.78 is 10.6. The largest absolute Gasteiger partial charge is 0.493 e. The zero-order chi connectivity index (χ0) is 15.2. The summed E-state index contributed by atoms with van der Waals surface area (Å²) in [6, 6.07) is 7.62. The molecule has 0 aliphatic rings. The zero-order valence-electron chi connectivity index (χ0n) is 12.5. The third-order valence-corrected chi connectivity index (χ3v) is 2.96. The maximum absolute atomic E-state index is 5.48. The molecule has 0 aliphatic heterocycles. The minimum absolute atomic E-state index is 0.531. The fourth-order valence-corrected chi connectivity index (χ4v) is 1.98. The summed E-state index contributed by atoms with van der Waals surface area (Å²) in [7, 11) is 3.22. The summed E-state index contributed by atoms with van der Waals surface area (Å²) in [4.78, 5) is 8.84. The van der Waals surface area contributed by atoms with E-state index in [9.17, 15) is 0 Å². The number of benzene rings is 1. The lowest BCUT2D eigenvalue weighted by Crippen LogP contribution is -2.15. The van der Waals surface area contributed by atoms with Gasteiger partial charge in [-0.2, -0.15) is 0 Å². The molecule has 0 spiro atoms. The molecule has 1 aromatic carbocycles. The van der Waals surface area contributed by atoms with Crippen LogP contribution < -0.4 is 20.5 Å². The van der Waals surface area contributed by atoms with Crippen LogP contribution in [0.3, 0.4) is 0 Å². The van der Waals surface area contributed by atoms with Crippen LogP contribution in [0.4, 0.5) is 5.95 Å². The Bertz CT molecular complexity index is 617. The van der Waals surface area contributed by atoms with E-state index in [2.05, 4.69) is 15.3 Å². The number of nitrogens with zero attached hydrogens (tertiary/aromatic N) is 2. The van der Waals surface area contributed by atoms with E-state index in [4.69, 9.17) is 15.2 Å². The topological polar surface area (TPSA) is 82.3 Å². The summed E-state index contributed by atoms with van der Waals surface area (Å²) in [6.45, 7) is 3.09. The van der Waals surface area contributed by atoms with Crippen LogP contribution in [-0.2, 0) is 0 Å². The molecule has 0 atom stereocenters. The summed E-state index contributed by atoms with van der Waals surface area (Å²) in [5, 5.41) is 3.09. The Morgan fingerprint density at radius 1 is 1.10 bits per heavy atom. The van der Waals surface area contributed by atoms with Crippen LogP contribution in [-0.4, -0.2) is 37.3 Å². The second-order valence-corrected chi connectivity index (χ2v) is 4.50. The number of hydrogen-bond acceptors (Lipinski definition) is 6. The van der Waals surface area contributed by atoms with Crippen molar-refractivity contribution in [2.45, 2.75) is 6.92 Å². The molecule has 0 saturated heterocycles. The normalized spacial score (nSPS) is 10.3. The molecule has 21 heavy (non-hydrogen) atoms. The summed E-state index contributed by atoms with van der Waals surface area (Å²) in [5.41, 5.74) is 8.13. The number of hydrogen-bond donors (Lipinski definition) is 2. The molecule has 6 heteroatoms. The van der Waals surface area contributed by atoms with E-state index in [1.165, 1.54) is 0 Å². The number of methoxy groups -OCH3 is 2. The summed E-state index contributed by atoms with van der Waals surface area (Å²) >= 11 is 0. The molecule has 3 N–H and O–H groups in total. The Morgan fingerprint density at radius 3 is 2.52 bits per heavy atom. The van der Waals surface area contributed by atoms with Crippen LogP contribution in [0.1, 0.15) is 5.69 Å². The van der Waals surface area contributed by atoms with Crippen molar-refractivity contribution >= 4 is 5.95 Å². The van der Waals surface area contributed by atoms with E-state index in [1.807, 2.05) is 31.2 Å². The van der Waals surface area contributed by atoms with Gasteiger partial charge in [0, 0.05) is 24.3 Å². The van der Waals surface area contributed by atoms with Crippen molar-refractivity contribution < 1.29 is 9.47 Å². The standard InChI is InChI=1S/C15H20N4O2/c1-10-8-12(19-15(18-10)17-7-6-16)11-4-5-13(20-2)14(9-11)21-3/h4-5,8-9H,6-7,16H2,1-3H3,(H,17,18,19). The Labute approximate surface area is 124 Å². The lowest BCUT2D eigenvalue weighted by atomic mass is 10.1. The van der Waals surface area contributed by atoms with Gasteiger partial charge in [0.25, 0.3) is 0 Å². The number of nitrogens with two attached hydrogens (primary N) is 1. The van der Waals surface area contributed by atoms with Gasteiger partial charge >= 0.3 is 0 Å². The molecule has 1 heterocycles. The van der Waals surface area contributed by atoms with Crippen LogP contribution >= 0.6 is 0 Å². The predicted molar refractivity (Wildman–Crippen MR) is 82.9 cm³/mol. The second kappa shape index (κ2) is 6.90. The highest BCUT2D eigenvalue weighted by Gasteiger charge is 2.09. The first-order valence-electron chi connectivity index (χ1n) is 6.70. The van der Waals surface area contributed by atoms with Gasteiger partial charge in [0.1, 0.15) is 0 Å². The van der Waals surface area contributed by atoms with Crippen LogP contribution in [0, 0.1) is 6.92 Å². The average molecular weight is 288 g/mol. The fraction of sp³-hybridized carbons (Fsp3) is 0.333. The van der Waals surface area contributed by atoms with Gasteiger partial charge in [0.2, 0.25) is 5.95 Å². The molecule has 0 saturated carbocycles. The molecule has 0 bridgehead atoms. The van der Waals surface area contributed by atoms with Gasteiger partial charge in [-0.25, -0.2) is 9.97 Å². The van der Waals surface area contributed by atoms with E-state index < -0.39 is 0 Å². The first-order valence-corrected chi connectivity index (χ1v) is 6.70. The molecular formula is C15H20N4O2. The fourth-order valence-electron chi connectivity index (χ4n) is 1.98. The van der Waals surface area contributed by atoms with Crippen LogP contribution in [0.2, 0.25) is 0 Å². The van der Waals surface area contributed by atoms with Gasteiger partial charge in [-0.3, -0.25) is 0 Å².